The Labute approximate surface area is 108 Å². The SMILES string of the molecule is O=C1C=CC(F)(F)[C@@H](/C=C/c2ccc(Cl)cc2)O1. The first-order valence-electron chi connectivity index (χ1n) is 5.19. The Morgan fingerprint density at radius 1 is 1.28 bits per heavy atom. The van der Waals surface area contributed by atoms with Crippen LogP contribution in [0, 0.1) is 0 Å². The molecule has 0 amide bonds. The first-order chi connectivity index (χ1) is 8.47. The van der Waals surface area contributed by atoms with Gasteiger partial charge >= 0.3 is 11.9 Å². The second kappa shape index (κ2) is 4.90. The number of halogens is 3. The van der Waals surface area contributed by atoms with Gasteiger partial charge in [-0.1, -0.05) is 29.8 Å². The minimum atomic E-state index is -3.18. The van der Waals surface area contributed by atoms with Gasteiger partial charge in [-0.05, 0) is 29.8 Å². The van der Waals surface area contributed by atoms with E-state index in [0.29, 0.717) is 16.7 Å². The van der Waals surface area contributed by atoms with Crippen LogP contribution in [-0.2, 0) is 9.53 Å². The van der Waals surface area contributed by atoms with E-state index in [1.54, 1.807) is 24.3 Å². The number of carbonyl (C=O) groups is 1. The van der Waals surface area contributed by atoms with E-state index < -0.39 is 18.0 Å². The molecule has 2 nitrogen and oxygen atoms in total. The van der Waals surface area contributed by atoms with Crippen molar-refractivity contribution < 1.29 is 18.3 Å². The van der Waals surface area contributed by atoms with Crippen LogP contribution in [-0.4, -0.2) is 18.0 Å². The fraction of sp³-hybridized carbons (Fsp3) is 0.154. The van der Waals surface area contributed by atoms with E-state index in [1.165, 1.54) is 6.08 Å². The Morgan fingerprint density at radius 2 is 1.94 bits per heavy atom. The van der Waals surface area contributed by atoms with Crippen LogP contribution in [0.25, 0.3) is 6.08 Å². The Morgan fingerprint density at radius 3 is 2.61 bits per heavy atom. The summed E-state index contributed by atoms with van der Waals surface area (Å²) in [4.78, 5) is 10.9. The van der Waals surface area contributed by atoms with Crippen LogP contribution in [0.15, 0.2) is 42.5 Å². The molecule has 18 heavy (non-hydrogen) atoms. The lowest BCUT2D eigenvalue weighted by Crippen LogP contribution is -2.37. The summed E-state index contributed by atoms with van der Waals surface area (Å²) in [6, 6.07) is 6.65. The maximum atomic E-state index is 13.4. The molecule has 1 aromatic rings. The number of benzene rings is 1. The molecular formula is C13H9ClF2O2. The van der Waals surface area contributed by atoms with E-state index in [2.05, 4.69) is 4.74 Å². The average molecular weight is 271 g/mol. The van der Waals surface area contributed by atoms with Crippen LogP contribution < -0.4 is 0 Å². The quantitative estimate of drug-likeness (QED) is 0.769. The predicted octanol–water partition coefficient (Wildman–Crippen LogP) is 3.47. The van der Waals surface area contributed by atoms with Crippen molar-refractivity contribution in [3.05, 3.63) is 53.1 Å². The number of rotatable bonds is 2. The van der Waals surface area contributed by atoms with E-state index in [9.17, 15) is 13.6 Å². The number of hydrogen-bond acceptors (Lipinski definition) is 2. The highest BCUT2D eigenvalue weighted by molar-refractivity contribution is 6.30. The van der Waals surface area contributed by atoms with E-state index in [4.69, 9.17) is 11.6 Å². The lowest BCUT2D eigenvalue weighted by atomic mass is 10.1. The minimum Gasteiger partial charge on any atom is -0.448 e. The summed E-state index contributed by atoms with van der Waals surface area (Å²) < 4.78 is 31.3. The summed E-state index contributed by atoms with van der Waals surface area (Å²) in [5.74, 6) is -3.96. The molecule has 2 rings (SSSR count). The third kappa shape index (κ3) is 2.96. The van der Waals surface area contributed by atoms with Gasteiger partial charge in [0.1, 0.15) is 0 Å². The molecule has 94 valence electrons. The third-order valence-corrected chi connectivity index (χ3v) is 2.65. The van der Waals surface area contributed by atoms with Crippen molar-refractivity contribution in [3.8, 4) is 0 Å². The Hall–Kier alpha value is -1.68. The molecule has 1 atom stereocenters. The molecule has 0 saturated heterocycles. The summed E-state index contributed by atoms with van der Waals surface area (Å²) >= 11 is 5.70. The summed E-state index contributed by atoms with van der Waals surface area (Å²) in [6.45, 7) is 0. The van der Waals surface area contributed by atoms with Gasteiger partial charge in [-0.15, -0.1) is 0 Å². The Kier molecular flexibility index (Phi) is 3.48. The maximum absolute atomic E-state index is 13.4. The summed E-state index contributed by atoms with van der Waals surface area (Å²) in [5, 5.41) is 0.560. The molecule has 0 bridgehead atoms. The summed E-state index contributed by atoms with van der Waals surface area (Å²) in [6.07, 6.45) is 2.32. The van der Waals surface area contributed by atoms with E-state index in [1.807, 2.05) is 0 Å². The van der Waals surface area contributed by atoms with Crippen LogP contribution in [0.3, 0.4) is 0 Å². The molecule has 1 aromatic carbocycles. The Balaban J connectivity index is 2.15. The van der Waals surface area contributed by atoms with Crippen molar-refractivity contribution in [2.45, 2.75) is 12.0 Å². The number of carbonyl (C=O) groups excluding carboxylic acids is 1. The fourth-order valence-corrected chi connectivity index (χ4v) is 1.58. The lowest BCUT2D eigenvalue weighted by molar-refractivity contribution is -0.157. The fourth-order valence-electron chi connectivity index (χ4n) is 1.46. The van der Waals surface area contributed by atoms with Gasteiger partial charge in [0.2, 0.25) is 0 Å². The first-order valence-corrected chi connectivity index (χ1v) is 5.56. The second-order valence-electron chi connectivity index (χ2n) is 3.78. The number of ether oxygens (including phenoxy) is 1. The lowest BCUT2D eigenvalue weighted by Gasteiger charge is -2.24. The molecule has 0 fully saturated rings. The van der Waals surface area contributed by atoms with Gasteiger partial charge in [0.05, 0.1) is 0 Å². The molecule has 0 unspecified atom stereocenters. The smallest absolute Gasteiger partial charge is 0.331 e. The van der Waals surface area contributed by atoms with E-state index >= 15 is 0 Å². The number of alkyl halides is 2. The standard InChI is InChI=1S/C13H9ClF2O2/c14-10-4-1-9(2-5-10)3-6-11-13(15,16)8-7-12(17)18-11/h1-8,11H/b6-3+/t11-/m1/s1. The van der Waals surface area contributed by atoms with Crippen LogP contribution in [0.4, 0.5) is 8.78 Å². The van der Waals surface area contributed by atoms with Crippen molar-refractivity contribution >= 4 is 23.6 Å². The molecule has 0 spiro atoms. The topological polar surface area (TPSA) is 26.3 Å². The largest absolute Gasteiger partial charge is 0.448 e. The van der Waals surface area contributed by atoms with Gasteiger partial charge in [0.25, 0.3) is 0 Å². The molecule has 0 N–H and O–H groups in total. The zero-order chi connectivity index (χ0) is 13.2. The second-order valence-corrected chi connectivity index (χ2v) is 4.21. The van der Waals surface area contributed by atoms with E-state index in [-0.39, 0.29) is 0 Å². The molecule has 1 aliphatic rings. The zero-order valence-corrected chi connectivity index (χ0v) is 9.90. The van der Waals surface area contributed by atoms with Crippen molar-refractivity contribution in [2.24, 2.45) is 0 Å². The van der Waals surface area contributed by atoms with Gasteiger partial charge in [-0.25, -0.2) is 4.79 Å². The van der Waals surface area contributed by atoms with Gasteiger partial charge < -0.3 is 4.74 Å². The highest BCUT2D eigenvalue weighted by Crippen LogP contribution is 2.28. The summed E-state index contributed by atoms with van der Waals surface area (Å²) in [7, 11) is 0. The van der Waals surface area contributed by atoms with Crippen LogP contribution in [0.2, 0.25) is 5.02 Å². The van der Waals surface area contributed by atoms with Crippen LogP contribution >= 0.6 is 11.6 Å². The Bertz CT molecular complexity index is 506. The molecular weight excluding hydrogens is 262 g/mol. The number of cyclic esters (lactones) is 1. The van der Waals surface area contributed by atoms with Crippen molar-refractivity contribution in [3.63, 3.8) is 0 Å². The first kappa shape index (κ1) is 12.8. The third-order valence-electron chi connectivity index (χ3n) is 2.40. The molecule has 0 aromatic heterocycles. The molecule has 5 heteroatoms. The van der Waals surface area contributed by atoms with Gasteiger partial charge in [0, 0.05) is 11.1 Å². The maximum Gasteiger partial charge on any atom is 0.331 e. The van der Waals surface area contributed by atoms with Crippen molar-refractivity contribution in [1.29, 1.82) is 0 Å². The zero-order valence-electron chi connectivity index (χ0n) is 9.15. The van der Waals surface area contributed by atoms with Gasteiger partial charge in [-0.3, -0.25) is 0 Å². The van der Waals surface area contributed by atoms with Crippen molar-refractivity contribution in [2.75, 3.05) is 0 Å². The van der Waals surface area contributed by atoms with Gasteiger partial charge in [0.15, 0.2) is 6.10 Å². The monoisotopic (exact) mass is 270 g/mol. The number of hydrogen-bond donors (Lipinski definition) is 0. The van der Waals surface area contributed by atoms with Crippen molar-refractivity contribution in [1.82, 2.24) is 0 Å². The molecule has 0 aliphatic carbocycles. The molecule has 1 heterocycles. The van der Waals surface area contributed by atoms with Crippen LogP contribution in [0.1, 0.15) is 5.56 Å². The normalized spacial score (nSPS) is 22.2. The molecule has 1 aliphatic heterocycles. The highest BCUT2D eigenvalue weighted by Gasteiger charge is 2.41. The summed E-state index contributed by atoms with van der Waals surface area (Å²) in [5.41, 5.74) is 0.695. The molecule has 0 radical (unpaired) electrons. The molecule has 0 saturated carbocycles. The predicted molar refractivity (Wildman–Crippen MR) is 64.5 cm³/mol. The number of esters is 1. The average Bonchev–Trinajstić information content (AvgIpc) is 2.33. The van der Waals surface area contributed by atoms with E-state index in [0.717, 1.165) is 12.2 Å². The van der Waals surface area contributed by atoms with Gasteiger partial charge in [-0.2, -0.15) is 8.78 Å². The minimum absolute atomic E-state index is 0.551. The van der Waals surface area contributed by atoms with Crippen LogP contribution in [0.5, 0.6) is 0 Å². The highest BCUT2D eigenvalue weighted by atomic mass is 35.5.